The van der Waals surface area contributed by atoms with Crippen LogP contribution in [-0.2, 0) is 12.8 Å². The number of hydrogen-bond donors (Lipinski definition) is 1. The summed E-state index contributed by atoms with van der Waals surface area (Å²) in [5, 5.41) is 4.95. The minimum absolute atomic E-state index is 0.308. The Labute approximate surface area is 144 Å². The van der Waals surface area contributed by atoms with Crippen molar-refractivity contribution in [3.8, 4) is 0 Å². The molecule has 0 amide bonds. The van der Waals surface area contributed by atoms with E-state index >= 15 is 0 Å². The van der Waals surface area contributed by atoms with Gasteiger partial charge in [0.15, 0.2) is 0 Å². The summed E-state index contributed by atoms with van der Waals surface area (Å²) in [7, 11) is 0. The highest BCUT2D eigenvalue weighted by molar-refractivity contribution is 7.19. The Hall–Kier alpha value is -1.65. The largest absolute Gasteiger partial charge is 0.340 e. The third-order valence-corrected chi connectivity index (χ3v) is 5.63. The monoisotopic (exact) mass is 343 g/mol. The van der Waals surface area contributed by atoms with Crippen molar-refractivity contribution in [3.05, 3.63) is 45.1 Å². The van der Waals surface area contributed by atoms with E-state index in [0.29, 0.717) is 5.28 Å². The Kier molecular flexibility index (Phi) is 3.74. The maximum absolute atomic E-state index is 6.16. The SMILES string of the molecule is Cc1cc(C)cc(Nc2nc(Cl)nc3sc4c(c23)CCCC4)c1. The highest BCUT2D eigenvalue weighted by atomic mass is 35.5. The normalized spacial score (nSPS) is 14.0. The van der Waals surface area contributed by atoms with Gasteiger partial charge >= 0.3 is 0 Å². The number of hydrogen-bond acceptors (Lipinski definition) is 4. The fourth-order valence-corrected chi connectivity index (χ4v) is 4.89. The fraction of sp³-hybridized carbons (Fsp3) is 0.333. The van der Waals surface area contributed by atoms with Gasteiger partial charge in [0, 0.05) is 10.6 Å². The number of benzene rings is 1. The molecule has 0 saturated heterocycles. The van der Waals surface area contributed by atoms with Crippen LogP contribution in [0.3, 0.4) is 0 Å². The molecule has 5 heteroatoms. The molecule has 2 heterocycles. The summed E-state index contributed by atoms with van der Waals surface area (Å²) in [5.41, 5.74) is 4.93. The molecule has 3 nitrogen and oxygen atoms in total. The molecule has 0 bridgehead atoms. The second kappa shape index (κ2) is 5.77. The molecule has 0 aliphatic heterocycles. The van der Waals surface area contributed by atoms with Crippen molar-refractivity contribution in [1.29, 1.82) is 0 Å². The maximum Gasteiger partial charge on any atom is 0.225 e. The van der Waals surface area contributed by atoms with Crippen LogP contribution < -0.4 is 5.32 Å². The molecule has 0 spiro atoms. The molecule has 4 rings (SSSR count). The van der Waals surface area contributed by atoms with Crippen LogP contribution in [0.4, 0.5) is 11.5 Å². The lowest BCUT2D eigenvalue weighted by atomic mass is 9.97. The summed E-state index contributed by atoms with van der Waals surface area (Å²) in [4.78, 5) is 11.4. The number of thiophene rings is 1. The standard InChI is InChI=1S/C18H18ClN3S/c1-10-7-11(2)9-12(8-10)20-16-15-13-5-3-4-6-14(13)23-17(15)22-18(19)21-16/h7-9H,3-6H2,1-2H3,(H,20,21,22). The minimum Gasteiger partial charge on any atom is -0.340 e. The van der Waals surface area contributed by atoms with Crippen LogP contribution in [-0.4, -0.2) is 9.97 Å². The molecule has 1 aliphatic carbocycles. The first-order valence-electron chi connectivity index (χ1n) is 7.93. The van der Waals surface area contributed by atoms with E-state index in [2.05, 4.69) is 47.3 Å². The molecule has 3 aromatic rings. The van der Waals surface area contributed by atoms with Crippen LogP contribution >= 0.6 is 22.9 Å². The topological polar surface area (TPSA) is 37.8 Å². The first kappa shape index (κ1) is 14.9. The molecule has 0 atom stereocenters. The summed E-state index contributed by atoms with van der Waals surface area (Å²) in [6.45, 7) is 4.21. The van der Waals surface area contributed by atoms with Gasteiger partial charge in [0.05, 0.1) is 5.39 Å². The van der Waals surface area contributed by atoms with Gasteiger partial charge in [-0.3, -0.25) is 0 Å². The number of aryl methyl sites for hydroxylation is 4. The van der Waals surface area contributed by atoms with E-state index < -0.39 is 0 Å². The van der Waals surface area contributed by atoms with Gasteiger partial charge in [0.2, 0.25) is 5.28 Å². The lowest BCUT2D eigenvalue weighted by Gasteiger charge is -2.13. The number of aromatic nitrogens is 2. The molecule has 23 heavy (non-hydrogen) atoms. The third kappa shape index (κ3) is 2.81. The van der Waals surface area contributed by atoms with Crippen molar-refractivity contribution in [2.45, 2.75) is 39.5 Å². The van der Waals surface area contributed by atoms with Crippen LogP contribution in [0.5, 0.6) is 0 Å². The predicted octanol–water partition coefficient (Wildman–Crippen LogP) is 5.58. The van der Waals surface area contributed by atoms with Crippen LogP contribution in [0.2, 0.25) is 5.28 Å². The first-order chi connectivity index (χ1) is 11.1. The van der Waals surface area contributed by atoms with Gasteiger partial charge in [0.25, 0.3) is 0 Å². The molecular formula is C18H18ClN3S. The zero-order chi connectivity index (χ0) is 16.0. The molecule has 0 unspecified atom stereocenters. The van der Waals surface area contributed by atoms with Gasteiger partial charge in [-0.1, -0.05) is 6.07 Å². The smallest absolute Gasteiger partial charge is 0.225 e. The molecule has 118 valence electrons. The number of anilines is 2. The zero-order valence-electron chi connectivity index (χ0n) is 13.2. The molecule has 0 radical (unpaired) electrons. The summed E-state index contributed by atoms with van der Waals surface area (Å²) >= 11 is 7.93. The molecule has 1 aliphatic rings. The zero-order valence-corrected chi connectivity index (χ0v) is 14.8. The van der Waals surface area contributed by atoms with Gasteiger partial charge in [-0.2, -0.15) is 4.98 Å². The average Bonchev–Trinajstić information content (AvgIpc) is 2.84. The van der Waals surface area contributed by atoms with Crippen LogP contribution in [0.1, 0.15) is 34.4 Å². The molecule has 2 aromatic heterocycles. The van der Waals surface area contributed by atoms with Gasteiger partial charge in [-0.25, -0.2) is 4.98 Å². The first-order valence-corrected chi connectivity index (χ1v) is 9.13. The average molecular weight is 344 g/mol. The van der Waals surface area contributed by atoms with E-state index in [-0.39, 0.29) is 0 Å². The van der Waals surface area contributed by atoms with Crippen LogP contribution in [0.25, 0.3) is 10.2 Å². The highest BCUT2D eigenvalue weighted by Gasteiger charge is 2.21. The summed E-state index contributed by atoms with van der Waals surface area (Å²) < 4.78 is 0. The van der Waals surface area contributed by atoms with Crippen molar-refractivity contribution < 1.29 is 0 Å². The maximum atomic E-state index is 6.16. The molecule has 0 saturated carbocycles. The second-order valence-electron chi connectivity index (χ2n) is 6.23. The summed E-state index contributed by atoms with van der Waals surface area (Å²) in [6, 6.07) is 6.43. The van der Waals surface area contributed by atoms with E-state index in [9.17, 15) is 0 Å². The number of fused-ring (bicyclic) bond motifs is 3. The van der Waals surface area contributed by atoms with Crippen molar-refractivity contribution in [3.63, 3.8) is 0 Å². The van der Waals surface area contributed by atoms with E-state index in [4.69, 9.17) is 11.6 Å². The Morgan fingerprint density at radius 1 is 1.04 bits per heavy atom. The van der Waals surface area contributed by atoms with Crippen LogP contribution in [0.15, 0.2) is 18.2 Å². The molecule has 1 N–H and O–H groups in total. The second-order valence-corrected chi connectivity index (χ2v) is 7.66. The number of nitrogens with zero attached hydrogens (tertiary/aromatic N) is 2. The lowest BCUT2D eigenvalue weighted by molar-refractivity contribution is 0.700. The van der Waals surface area contributed by atoms with Gasteiger partial charge < -0.3 is 5.32 Å². The summed E-state index contributed by atoms with van der Waals surface area (Å²) in [5.74, 6) is 0.837. The molecular weight excluding hydrogens is 326 g/mol. The molecule has 1 aromatic carbocycles. The Balaban J connectivity index is 1.86. The van der Waals surface area contributed by atoms with Gasteiger partial charge in [-0.05, 0) is 80.0 Å². The minimum atomic E-state index is 0.308. The number of nitrogens with one attached hydrogen (secondary N) is 1. The van der Waals surface area contributed by atoms with E-state index in [1.165, 1.54) is 34.4 Å². The number of halogens is 1. The van der Waals surface area contributed by atoms with Crippen molar-refractivity contribution >= 4 is 44.7 Å². The van der Waals surface area contributed by atoms with Crippen LogP contribution in [0, 0.1) is 13.8 Å². The summed E-state index contributed by atoms with van der Waals surface area (Å²) in [6.07, 6.45) is 4.77. The van der Waals surface area contributed by atoms with Crippen molar-refractivity contribution in [2.24, 2.45) is 0 Å². The highest BCUT2D eigenvalue weighted by Crippen LogP contribution is 2.39. The Morgan fingerprint density at radius 2 is 1.78 bits per heavy atom. The van der Waals surface area contributed by atoms with Crippen molar-refractivity contribution in [1.82, 2.24) is 9.97 Å². The third-order valence-electron chi connectivity index (χ3n) is 4.27. The fourth-order valence-electron chi connectivity index (χ4n) is 3.41. The quantitative estimate of drug-likeness (QED) is 0.617. The lowest BCUT2D eigenvalue weighted by Crippen LogP contribution is -2.01. The van der Waals surface area contributed by atoms with Gasteiger partial charge in [-0.15, -0.1) is 11.3 Å². The number of rotatable bonds is 2. The van der Waals surface area contributed by atoms with E-state index in [1.807, 2.05) is 0 Å². The predicted molar refractivity (Wildman–Crippen MR) is 98.3 cm³/mol. The van der Waals surface area contributed by atoms with Gasteiger partial charge in [0.1, 0.15) is 10.6 Å². The van der Waals surface area contributed by atoms with E-state index in [0.717, 1.165) is 34.6 Å². The Bertz CT molecular complexity index is 881. The van der Waals surface area contributed by atoms with E-state index in [1.54, 1.807) is 11.3 Å². The van der Waals surface area contributed by atoms with Crippen molar-refractivity contribution in [2.75, 3.05) is 5.32 Å². The Morgan fingerprint density at radius 3 is 2.57 bits per heavy atom. The molecule has 0 fully saturated rings.